The van der Waals surface area contributed by atoms with E-state index in [4.69, 9.17) is 4.74 Å². The lowest BCUT2D eigenvalue weighted by Gasteiger charge is -2.10. The standard InChI is InChI=1S/C26H33N3O3/c1-7-19-17(4)23(26(31)32-15-18-12-10-9-11-13-18)28-22(19)14-21-16(3)20(8-2)24(27-21)25(30)29(5)6/h9-13,27-28H,7-8,14-15H2,1-6H3. The predicted octanol–water partition coefficient (Wildman–Crippen LogP) is 4.73. The van der Waals surface area contributed by atoms with Crippen LogP contribution < -0.4 is 0 Å². The Morgan fingerprint density at radius 2 is 1.50 bits per heavy atom. The first kappa shape index (κ1) is 23.4. The van der Waals surface area contributed by atoms with E-state index in [9.17, 15) is 9.59 Å². The Labute approximate surface area is 190 Å². The number of carbonyl (C=O) groups excluding carboxylic acids is 2. The predicted molar refractivity (Wildman–Crippen MR) is 126 cm³/mol. The average Bonchev–Trinajstić information content (AvgIpc) is 3.28. The number of esters is 1. The van der Waals surface area contributed by atoms with E-state index in [1.54, 1.807) is 19.0 Å². The van der Waals surface area contributed by atoms with E-state index in [-0.39, 0.29) is 18.5 Å². The summed E-state index contributed by atoms with van der Waals surface area (Å²) in [6.45, 7) is 8.38. The molecule has 2 aromatic heterocycles. The molecular formula is C26H33N3O3. The highest BCUT2D eigenvalue weighted by Gasteiger charge is 2.23. The van der Waals surface area contributed by atoms with Crippen molar-refractivity contribution in [2.75, 3.05) is 14.1 Å². The maximum Gasteiger partial charge on any atom is 0.355 e. The van der Waals surface area contributed by atoms with E-state index in [1.807, 2.05) is 44.2 Å². The maximum absolute atomic E-state index is 12.8. The highest BCUT2D eigenvalue weighted by molar-refractivity contribution is 5.94. The van der Waals surface area contributed by atoms with Crippen LogP contribution in [0, 0.1) is 13.8 Å². The molecule has 0 saturated heterocycles. The molecule has 0 radical (unpaired) electrons. The first-order chi connectivity index (χ1) is 15.3. The van der Waals surface area contributed by atoms with Crippen LogP contribution in [0.2, 0.25) is 0 Å². The molecule has 6 nitrogen and oxygen atoms in total. The third kappa shape index (κ3) is 4.64. The van der Waals surface area contributed by atoms with Gasteiger partial charge in [-0.25, -0.2) is 4.79 Å². The molecule has 6 heteroatoms. The minimum absolute atomic E-state index is 0.0280. The van der Waals surface area contributed by atoms with Gasteiger partial charge >= 0.3 is 5.97 Å². The quantitative estimate of drug-likeness (QED) is 0.502. The van der Waals surface area contributed by atoms with Gasteiger partial charge in [-0.3, -0.25) is 4.79 Å². The molecule has 0 unspecified atom stereocenters. The molecule has 0 aliphatic heterocycles. The smallest absolute Gasteiger partial charge is 0.355 e. The van der Waals surface area contributed by atoms with E-state index in [0.29, 0.717) is 17.8 Å². The highest BCUT2D eigenvalue weighted by Crippen LogP contribution is 2.26. The number of nitrogens with zero attached hydrogens (tertiary/aromatic N) is 1. The molecule has 2 N–H and O–H groups in total. The summed E-state index contributed by atoms with van der Waals surface area (Å²) in [6, 6.07) is 9.65. The van der Waals surface area contributed by atoms with Gasteiger partial charge in [-0.15, -0.1) is 0 Å². The summed E-state index contributed by atoms with van der Waals surface area (Å²) in [6.07, 6.45) is 2.17. The molecule has 0 atom stereocenters. The van der Waals surface area contributed by atoms with Crippen LogP contribution in [0.1, 0.15) is 74.0 Å². The minimum Gasteiger partial charge on any atom is -0.456 e. The van der Waals surface area contributed by atoms with Crippen molar-refractivity contribution in [1.29, 1.82) is 0 Å². The second-order valence-corrected chi connectivity index (χ2v) is 8.31. The van der Waals surface area contributed by atoms with Crippen LogP contribution in [-0.2, 0) is 30.6 Å². The number of aromatic nitrogens is 2. The van der Waals surface area contributed by atoms with Crippen LogP contribution in [0.3, 0.4) is 0 Å². The Kier molecular flexibility index (Phi) is 7.23. The maximum atomic E-state index is 12.8. The number of carbonyl (C=O) groups is 2. The number of H-pyrrole nitrogens is 2. The molecule has 1 amide bonds. The Morgan fingerprint density at radius 3 is 2.09 bits per heavy atom. The summed E-state index contributed by atoms with van der Waals surface area (Å²) in [5.74, 6) is -0.381. The van der Waals surface area contributed by atoms with Crippen molar-refractivity contribution < 1.29 is 14.3 Å². The van der Waals surface area contributed by atoms with Crippen molar-refractivity contribution >= 4 is 11.9 Å². The van der Waals surface area contributed by atoms with Crippen molar-refractivity contribution in [3.05, 3.63) is 80.9 Å². The summed E-state index contributed by atoms with van der Waals surface area (Å²) in [7, 11) is 3.52. The molecule has 3 aromatic rings. The van der Waals surface area contributed by atoms with Crippen LogP contribution >= 0.6 is 0 Å². The van der Waals surface area contributed by atoms with Gasteiger partial charge in [0, 0.05) is 31.9 Å². The summed E-state index contributed by atoms with van der Waals surface area (Å²) >= 11 is 0. The zero-order chi connectivity index (χ0) is 23.4. The van der Waals surface area contributed by atoms with Crippen LogP contribution in [0.5, 0.6) is 0 Å². The van der Waals surface area contributed by atoms with Crippen molar-refractivity contribution in [2.24, 2.45) is 0 Å². The van der Waals surface area contributed by atoms with E-state index >= 15 is 0 Å². The van der Waals surface area contributed by atoms with Gasteiger partial charge in [0.15, 0.2) is 0 Å². The lowest BCUT2D eigenvalue weighted by atomic mass is 10.0. The van der Waals surface area contributed by atoms with Crippen molar-refractivity contribution in [1.82, 2.24) is 14.9 Å². The number of benzene rings is 1. The Bertz CT molecular complexity index is 1110. The Hall–Kier alpha value is -3.28. The summed E-state index contributed by atoms with van der Waals surface area (Å²) in [4.78, 5) is 33.7. The third-order valence-electron chi connectivity index (χ3n) is 6.05. The molecule has 0 aliphatic rings. The second kappa shape index (κ2) is 9.90. The number of amides is 1. The number of rotatable bonds is 8. The first-order valence-corrected chi connectivity index (χ1v) is 11.1. The molecule has 0 fully saturated rings. The molecule has 0 spiro atoms. The lowest BCUT2D eigenvalue weighted by molar-refractivity contribution is 0.0465. The van der Waals surface area contributed by atoms with Gasteiger partial charge in [-0.05, 0) is 54.5 Å². The van der Waals surface area contributed by atoms with Crippen LogP contribution in [-0.4, -0.2) is 40.8 Å². The van der Waals surface area contributed by atoms with E-state index in [2.05, 4.69) is 23.8 Å². The average molecular weight is 436 g/mol. The molecule has 3 rings (SSSR count). The van der Waals surface area contributed by atoms with Gasteiger partial charge in [0.2, 0.25) is 0 Å². The topological polar surface area (TPSA) is 78.2 Å². The number of hydrogen-bond donors (Lipinski definition) is 2. The monoisotopic (exact) mass is 435 g/mol. The molecule has 0 saturated carbocycles. The molecule has 0 bridgehead atoms. The van der Waals surface area contributed by atoms with Crippen molar-refractivity contribution in [2.45, 2.75) is 53.6 Å². The Morgan fingerprint density at radius 1 is 0.875 bits per heavy atom. The molecule has 170 valence electrons. The highest BCUT2D eigenvalue weighted by atomic mass is 16.5. The third-order valence-corrected chi connectivity index (χ3v) is 6.05. The van der Waals surface area contributed by atoms with Crippen molar-refractivity contribution in [3.8, 4) is 0 Å². The second-order valence-electron chi connectivity index (χ2n) is 8.31. The number of ether oxygens (including phenoxy) is 1. The van der Waals surface area contributed by atoms with Crippen LogP contribution in [0.15, 0.2) is 30.3 Å². The fraction of sp³-hybridized carbons (Fsp3) is 0.385. The molecule has 0 aliphatic carbocycles. The molecule has 2 heterocycles. The van der Waals surface area contributed by atoms with Crippen LogP contribution in [0.25, 0.3) is 0 Å². The largest absolute Gasteiger partial charge is 0.456 e. The molecule has 32 heavy (non-hydrogen) atoms. The molecular weight excluding hydrogens is 402 g/mol. The van der Waals surface area contributed by atoms with E-state index < -0.39 is 0 Å². The SMILES string of the molecule is CCc1c(Cc2[nH]c(C(=O)N(C)C)c(CC)c2C)[nH]c(C(=O)OCc2ccccc2)c1C. The minimum atomic E-state index is -0.353. The summed E-state index contributed by atoms with van der Waals surface area (Å²) < 4.78 is 5.55. The summed E-state index contributed by atoms with van der Waals surface area (Å²) in [5.41, 5.74) is 8.25. The number of hydrogen-bond acceptors (Lipinski definition) is 3. The fourth-order valence-corrected chi connectivity index (χ4v) is 4.22. The van der Waals surface area contributed by atoms with Gasteiger partial charge in [0.05, 0.1) is 0 Å². The zero-order valence-corrected chi connectivity index (χ0v) is 19.9. The zero-order valence-electron chi connectivity index (χ0n) is 19.9. The molecule has 1 aromatic carbocycles. The van der Waals surface area contributed by atoms with Gasteiger partial charge < -0.3 is 19.6 Å². The number of aromatic amines is 2. The normalized spacial score (nSPS) is 10.9. The van der Waals surface area contributed by atoms with Crippen LogP contribution in [0.4, 0.5) is 0 Å². The fourth-order valence-electron chi connectivity index (χ4n) is 4.22. The van der Waals surface area contributed by atoms with E-state index in [0.717, 1.165) is 52.0 Å². The first-order valence-electron chi connectivity index (χ1n) is 11.1. The Balaban J connectivity index is 1.88. The van der Waals surface area contributed by atoms with Gasteiger partial charge in [0.25, 0.3) is 5.91 Å². The van der Waals surface area contributed by atoms with E-state index in [1.165, 1.54) is 0 Å². The van der Waals surface area contributed by atoms with Gasteiger partial charge in [-0.1, -0.05) is 44.2 Å². The summed E-state index contributed by atoms with van der Waals surface area (Å²) in [5, 5.41) is 0. The van der Waals surface area contributed by atoms with Crippen molar-refractivity contribution in [3.63, 3.8) is 0 Å². The van der Waals surface area contributed by atoms with Gasteiger partial charge in [0.1, 0.15) is 18.0 Å². The lowest BCUT2D eigenvalue weighted by Crippen LogP contribution is -2.23. The van der Waals surface area contributed by atoms with Gasteiger partial charge in [-0.2, -0.15) is 0 Å². The number of nitrogens with one attached hydrogen (secondary N) is 2.